The van der Waals surface area contributed by atoms with Gasteiger partial charge in [-0.05, 0) is 36.6 Å². The molecule has 23 heavy (non-hydrogen) atoms. The zero-order valence-corrected chi connectivity index (χ0v) is 12.5. The van der Waals surface area contributed by atoms with Gasteiger partial charge in [-0.3, -0.25) is 4.68 Å². The molecule has 0 radical (unpaired) electrons. The van der Waals surface area contributed by atoms with Gasteiger partial charge < -0.3 is 0 Å². The molecule has 0 amide bonds. The first kappa shape index (κ1) is 15.3. The number of aromatic nitrogens is 4. The number of benzene rings is 1. The average molecular weight is 320 g/mol. The predicted octanol–water partition coefficient (Wildman–Crippen LogP) is 3.41. The molecule has 4 nitrogen and oxygen atoms in total. The second kappa shape index (κ2) is 5.91. The number of hydrogen-bond acceptors (Lipinski definition) is 2. The fourth-order valence-electron chi connectivity index (χ4n) is 2.47. The highest BCUT2D eigenvalue weighted by molar-refractivity contribution is 5.35. The van der Waals surface area contributed by atoms with Crippen molar-refractivity contribution in [1.29, 1.82) is 0 Å². The second-order valence-electron chi connectivity index (χ2n) is 5.25. The summed E-state index contributed by atoms with van der Waals surface area (Å²) in [4.78, 5) is 0. The van der Waals surface area contributed by atoms with Gasteiger partial charge in [0.25, 0.3) is 0 Å². The maximum Gasteiger partial charge on any atom is 0.416 e. The number of nitrogens with zero attached hydrogens (tertiary/aromatic N) is 4. The Kier molecular flexibility index (Phi) is 3.94. The van der Waals surface area contributed by atoms with E-state index < -0.39 is 11.7 Å². The minimum absolute atomic E-state index is 0.626. The normalized spacial score (nSPS) is 11.8. The Bertz CT molecular complexity index is 771. The van der Waals surface area contributed by atoms with Gasteiger partial charge in [-0.2, -0.15) is 23.4 Å². The molecule has 3 rings (SSSR count). The van der Waals surface area contributed by atoms with E-state index in [2.05, 4.69) is 10.2 Å². The summed E-state index contributed by atoms with van der Waals surface area (Å²) < 4.78 is 41.2. The van der Waals surface area contributed by atoms with Crippen molar-refractivity contribution < 1.29 is 13.2 Å². The van der Waals surface area contributed by atoms with E-state index in [0.29, 0.717) is 12.8 Å². The Morgan fingerprint density at radius 2 is 1.78 bits per heavy atom. The van der Waals surface area contributed by atoms with Crippen molar-refractivity contribution in [2.75, 3.05) is 0 Å². The summed E-state index contributed by atoms with van der Waals surface area (Å²) in [6.45, 7) is 0. The van der Waals surface area contributed by atoms with E-state index >= 15 is 0 Å². The van der Waals surface area contributed by atoms with Gasteiger partial charge in [0.15, 0.2) is 0 Å². The molecule has 0 aliphatic heterocycles. The van der Waals surface area contributed by atoms with Crippen molar-refractivity contribution in [2.24, 2.45) is 7.05 Å². The molecule has 0 bridgehead atoms. The maximum atomic E-state index is 12.6. The highest BCUT2D eigenvalue weighted by Crippen LogP contribution is 2.29. The predicted molar refractivity (Wildman–Crippen MR) is 79.2 cm³/mol. The number of alkyl halides is 3. The molecule has 0 fully saturated rings. The Labute approximate surface area is 131 Å². The largest absolute Gasteiger partial charge is 0.416 e. The van der Waals surface area contributed by atoms with Crippen LogP contribution in [0.25, 0.3) is 5.69 Å². The van der Waals surface area contributed by atoms with Gasteiger partial charge in [0, 0.05) is 19.4 Å². The smallest absolute Gasteiger partial charge is 0.270 e. The molecule has 3 aromatic rings. The lowest BCUT2D eigenvalue weighted by molar-refractivity contribution is -0.137. The molecule has 0 spiro atoms. The Balaban J connectivity index is 1.75. The first-order valence-corrected chi connectivity index (χ1v) is 7.12. The van der Waals surface area contributed by atoms with Crippen LogP contribution in [-0.2, 0) is 26.1 Å². The van der Waals surface area contributed by atoms with Gasteiger partial charge >= 0.3 is 6.18 Å². The van der Waals surface area contributed by atoms with Crippen LogP contribution >= 0.6 is 0 Å². The fraction of sp³-hybridized carbons (Fsp3) is 0.250. The van der Waals surface area contributed by atoms with Crippen molar-refractivity contribution >= 4 is 0 Å². The Morgan fingerprint density at radius 3 is 2.39 bits per heavy atom. The van der Waals surface area contributed by atoms with E-state index in [1.807, 2.05) is 19.3 Å². The lowest BCUT2D eigenvalue weighted by Crippen LogP contribution is -2.06. The molecule has 2 aromatic heterocycles. The zero-order valence-electron chi connectivity index (χ0n) is 12.5. The van der Waals surface area contributed by atoms with E-state index in [-0.39, 0.29) is 0 Å². The average Bonchev–Trinajstić information content (AvgIpc) is 3.14. The minimum Gasteiger partial charge on any atom is -0.270 e. The van der Waals surface area contributed by atoms with Gasteiger partial charge in [-0.1, -0.05) is 12.1 Å². The Morgan fingerprint density at radius 1 is 1.04 bits per heavy atom. The summed E-state index contributed by atoms with van der Waals surface area (Å²) in [5, 5.41) is 8.43. The number of halogens is 3. The van der Waals surface area contributed by atoms with Crippen LogP contribution in [0.1, 0.15) is 16.8 Å². The van der Waals surface area contributed by atoms with Crippen molar-refractivity contribution in [3.05, 3.63) is 65.7 Å². The number of rotatable bonds is 4. The summed E-state index contributed by atoms with van der Waals surface area (Å²) >= 11 is 0. The highest BCUT2D eigenvalue weighted by Gasteiger charge is 2.29. The second-order valence-corrected chi connectivity index (χ2v) is 5.25. The molecular weight excluding hydrogens is 305 g/mol. The molecule has 1 aromatic carbocycles. The molecule has 0 atom stereocenters. The Hall–Kier alpha value is -2.57. The van der Waals surface area contributed by atoms with Gasteiger partial charge in [0.2, 0.25) is 0 Å². The van der Waals surface area contributed by atoms with Crippen molar-refractivity contribution in [3.63, 3.8) is 0 Å². The lowest BCUT2D eigenvalue weighted by Gasteiger charge is -2.09. The van der Waals surface area contributed by atoms with E-state index in [9.17, 15) is 13.2 Å². The van der Waals surface area contributed by atoms with Crippen molar-refractivity contribution in [3.8, 4) is 5.69 Å². The highest BCUT2D eigenvalue weighted by atomic mass is 19.4. The summed E-state index contributed by atoms with van der Waals surface area (Å²) in [6, 6.07) is 7.10. The topological polar surface area (TPSA) is 35.6 Å². The summed E-state index contributed by atoms with van der Waals surface area (Å²) in [5.41, 5.74) is 2.09. The summed E-state index contributed by atoms with van der Waals surface area (Å²) in [5.74, 6) is 0. The van der Waals surface area contributed by atoms with E-state index in [1.54, 1.807) is 21.8 Å². The molecule has 0 aliphatic carbocycles. The first-order valence-electron chi connectivity index (χ1n) is 7.12. The number of hydrogen-bond donors (Lipinski definition) is 0. The van der Waals surface area contributed by atoms with E-state index in [4.69, 9.17) is 0 Å². The lowest BCUT2D eigenvalue weighted by atomic mass is 10.1. The minimum atomic E-state index is -4.30. The molecule has 2 heterocycles. The van der Waals surface area contributed by atoms with Crippen LogP contribution in [0.5, 0.6) is 0 Å². The van der Waals surface area contributed by atoms with Gasteiger partial charge in [-0.15, -0.1) is 0 Å². The van der Waals surface area contributed by atoms with Gasteiger partial charge in [0.05, 0.1) is 17.5 Å². The molecule has 0 saturated carbocycles. The molecule has 0 saturated heterocycles. The zero-order chi connectivity index (χ0) is 16.4. The van der Waals surface area contributed by atoms with Crippen molar-refractivity contribution in [2.45, 2.75) is 19.0 Å². The molecular formula is C16H15F3N4. The standard InChI is InChI=1S/C16H15F3N4/c1-22-14(15(11-21-22)23-10-2-9-20-23)8-5-12-3-6-13(7-4-12)16(17,18)19/h2-4,6-7,9-11H,5,8H2,1H3. The molecule has 0 aliphatic rings. The molecule has 120 valence electrons. The van der Waals surface area contributed by atoms with Crippen LogP contribution in [0, 0.1) is 0 Å². The first-order chi connectivity index (χ1) is 10.9. The molecule has 0 N–H and O–H groups in total. The molecule has 7 heteroatoms. The maximum absolute atomic E-state index is 12.6. The van der Waals surface area contributed by atoms with Gasteiger partial charge in [-0.25, -0.2) is 4.68 Å². The van der Waals surface area contributed by atoms with E-state index in [0.717, 1.165) is 29.1 Å². The van der Waals surface area contributed by atoms with Crippen LogP contribution in [0.15, 0.2) is 48.9 Å². The van der Waals surface area contributed by atoms with E-state index in [1.165, 1.54) is 12.1 Å². The van der Waals surface area contributed by atoms with Crippen LogP contribution < -0.4 is 0 Å². The third-order valence-electron chi connectivity index (χ3n) is 3.72. The van der Waals surface area contributed by atoms with Crippen LogP contribution in [-0.4, -0.2) is 19.6 Å². The van der Waals surface area contributed by atoms with Gasteiger partial charge in [0.1, 0.15) is 5.69 Å². The SMILES string of the molecule is Cn1ncc(-n2cccn2)c1CCc1ccc(C(F)(F)F)cc1. The monoisotopic (exact) mass is 320 g/mol. The summed E-state index contributed by atoms with van der Waals surface area (Å²) in [6.07, 6.45) is 2.25. The third kappa shape index (κ3) is 3.28. The van der Waals surface area contributed by atoms with Crippen molar-refractivity contribution in [1.82, 2.24) is 19.6 Å². The fourth-order valence-corrected chi connectivity index (χ4v) is 2.47. The number of aryl methyl sites for hydroxylation is 2. The quantitative estimate of drug-likeness (QED) is 0.738. The third-order valence-corrected chi connectivity index (χ3v) is 3.72. The molecule has 0 unspecified atom stereocenters. The van der Waals surface area contributed by atoms with Crippen LogP contribution in [0.4, 0.5) is 13.2 Å². The van der Waals surface area contributed by atoms with Crippen LogP contribution in [0.2, 0.25) is 0 Å². The van der Waals surface area contributed by atoms with Crippen LogP contribution in [0.3, 0.4) is 0 Å². The summed E-state index contributed by atoms with van der Waals surface area (Å²) in [7, 11) is 1.84.